The Bertz CT molecular complexity index is 736. The molecule has 0 fully saturated rings. The molecule has 6 nitrogen and oxygen atoms in total. The van der Waals surface area contributed by atoms with Gasteiger partial charge in [-0.1, -0.05) is 102 Å². The van der Waals surface area contributed by atoms with E-state index in [2.05, 4.69) is 45.1 Å². The van der Waals surface area contributed by atoms with E-state index in [0.717, 1.165) is 23.6 Å². The van der Waals surface area contributed by atoms with Gasteiger partial charge in [0.25, 0.3) is 0 Å². The van der Waals surface area contributed by atoms with Gasteiger partial charge in [-0.05, 0) is 25.7 Å². The normalized spacial score (nSPS) is 11.7. The molecule has 2 aromatic rings. The molecule has 2 rings (SSSR count). The number of hydrogen-bond donors (Lipinski definition) is 2. The zero-order chi connectivity index (χ0) is 22.7. The van der Waals surface area contributed by atoms with Crippen LogP contribution < -0.4 is 10.9 Å². The van der Waals surface area contributed by atoms with E-state index in [0.29, 0.717) is 11.6 Å². The Hall–Kier alpha value is -2.50. The first-order chi connectivity index (χ1) is 15.9. The second-order valence-electron chi connectivity index (χ2n) is 8.40. The maximum atomic E-state index is 4.35. The molecule has 1 heterocycles. The van der Waals surface area contributed by atoms with E-state index in [9.17, 15) is 0 Å². The van der Waals surface area contributed by atoms with Crippen molar-refractivity contribution in [1.29, 1.82) is 0 Å². The van der Waals surface area contributed by atoms with E-state index in [-0.39, 0.29) is 0 Å². The molecule has 6 heteroatoms. The molecule has 1 aromatic heterocycles. The fourth-order valence-electron chi connectivity index (χ4n) is 3.64. The van der Waals surface area contributed by atoms with Gasteiger partial charge >= 0.3 is 0 Å². The number of hydrogen-bond acceptors (Lipinski definition) is 6. The van der Waals surface area contributed by atoms with Gasteiger partial charge in [0.15, 0.2) is 11.6 Å². The van der Waals surface area contributed by atoms with E-state index in [1.807, 2.05) is 36.7 Å². The van der Waals surface area contributed by atoms with Gasteiger partial charge in [0.05, 0.1) is 0 Å². The van der Waals surface area contributed by atoms with Crippen LogP contribution >= 0.6 is 0 Å². The minimum absolute atomic E-state index is 0.668. The Morgan fingerprint density at radius 3 is 1.47 bits per heavy atom. The maximum Gasteiger partial charge on any atom is 0.176 e. The van der Waals surface area contributed by atoms with Crippen molar-refractivity contribution >= 4 is 34.8 Å². The average Bonchev–Trinajstić information content (AvgIpc) is 2.82. The predicted octanol–water partition coefficient (Wildman–Crippen LogP) is 7.93. The van der Waals surface area contributed by atoms with Crippen molar-refractivity contribution < 1.29 is 0 Å². The highest BCUT2D eigenvalue weighted by molar-refractivity contribution is 5.98. The summed E-state index contributed by atoms with van der Waals surface area (Å²) in [5.41, 5.74) is 6.12. The molecule has 0 aliphatic heterocycles. The molecule has 176 valence electrons. The molecule has 0 spiro atoms. The van der Waals surface area contributed by atoms with Crippen molar-refractivity contribution in [2.45, 2.75) is 104 Å². The SMILES string of the molecule is CCCCCCCC/C=N\Nc1nnc(N/N=C/CCCCCCCC)c2ccccc12. The summed E-state index contributed by atoms with van der Waals surface area (Å²) in [6, 6.07) is 8.06. The van der Waals surface area contributed by atoms with Gasteiger partial charge in [-0.25, -0.2) is 0 Å². The molecular weight excluding hydrogens is 396 g/mol. The topological polar surface area (TPSA) is 74.6 Å². The minimum atomic E-state index is 0.668. The third kappa shape index (κ3) is 10.2. The Kier molecular flexibility index (Phi) is 13.8. The van der Waals surface area contributed by atoms with Crippen molar-refractivity contribution in [2.24, 2.45) is 10.2 Å². The van der Waals surface area contributed by atoms with Gasteiger partial charge in [0, 0.05) is 23.2 Å². The standard InChI is InChI=1S/C26H42N6/c1-3-5-7-9-11-13-17-21-27-29-25-23-19-15-16-20-24(23)26(32-31-25)30-28-22-18-14-12-10-8-6-4-2/h15-16,19-22H,3-14,17-18H2,1-2H3,(H,29,31)(H,30,32)/b27-21-,28-22+. The number of fused-ring (bicyclic) bond motifs is 1. The molecule has 0 bridgehead atoms. The van der Waals surface area contributed by atoms with Gasteiger partial charge in [-0.3, -0.25) is 10.9 Å². The van der Waals surface area contributed by atoms with Crippen LogP contribution in [0.4, 0.5) is 11.6 Å². The lowest BCUT2D eigenvalue weighted by Crippen LogP contribution is -2.01. The summed E-state index contributed by atoms with van der Waals surface area (Å²) in [5, 5.41) is 19.3. The van der Waals surface area contributed by atoms with Gasteiger partial charge in [-0.15, -0.1) is 10.2 Å². The van der Waals surface area contributed by atoms with Crippen LogP contribution in [0.25, 0.3) is 10.8 Å². The first-order valence-electron chi connectivity index (χ1n) is 12.7. The number of hydrazone groups is 2. The summed E-state index contributed by atoms with van der Waals surface area (Å²) in [6.07, 6.45) is 21.4. The summed E-state index contributed by atoms with van der Waals surface area (Å²) in [6.45, 7) is 4.50. The molecule has 0 atom stereocenters. The highest BCUT2D eigenvalue weighted by Crippen LogP contribution is 2.25. The number of aromatic nitrogens is 2. The number of benzene rings is 1. The predicted molar refractivity (Wildman–Crippen MR) is 140 cm³/mol. The first kappa shape index (κ1) is 25.8. The Morgan fingerprint density at radius 1 is 0.625 bits per heavy atom. The number of nitrogens with one attached hydrogen (secondary N) is 2. The second kappa shape index (κ2) is 17.1. The Labute approximate surface area is 194 Å². The zero-order valence-corrected chi connectivity index (χ0v) is 20.2. The van der Waals surface area contributed by atoms with Crippen LogP contribution in [0.1, 0.15) is 104 Å². The fourth-order valence-corrected chi connectivity index (χ4v) is 3.64. The van der Waals surface area contributed by atoms with E-state index in [1.165, 1.54) is 77.0 Å². The van der Waals surface area contributed by atoms with E-state index < -0.39 is 0 Å². The minimum Gasteiger partial charge on any atom is -0.260 e. The van der Waals surface area contributed by atoms with E-state index >= 15 is 0 Å². The molecule has 1 aromatic carbocycles. The van der Waals surface area contributed by atoms with Gasteiger partial charge in [0.1, 0.15) is 0 Å². The van der Waals surface area contributed by atoms with E-state index in [4.69, 9.17) is 0 Å². The number of unbranched alkanes of at least 4 members (excludes halogenated alkanes) is 12. The third-order valence-corrected chi connectivity index (χ3v) is 5.58. The summed E-state index contributed by atoms with van der Waals surface area (Å²) in [4.78, 5) is 0. The van der Waals surface area contributed by atoms with Crippen LogP contribution in [0, 0.1) is 0 Å². The van der Waals surface area contributed by atoms with Crippen LogP contribution in [-0.2, 0) is 0 Å². The molecule has 0 saturated heterocycles. The number of anilines is 2. The zero-order valence-electron chi connectivity index (χ0n) is 20.2. The molecule has 0 aliphatic carbocycles. The molecule has 2 N–H and O–H groups in total. The summed E-state index contributed by atoms with van der Waals surface area (Å²) >= 11 is 0. The molecule has 0 aliphatic rings. The lowest BCUT2D eigenvalue weighted by atomic mass is 10.1. The van der Waals surface area contributed by atoms with Crippen molar-refractivity contribution in [2.75, 3.05) is 10.9 Å². The smallest absolute Gasteiger partial charge is 0.176 e. The van der Waals surface area contributed by atoms with Gasteiger partial charge in [-0.2, -0.15) is 10.2 Å². The lowest BCUT2D eigenvalue weighted by Gasteiger charge is -2.08. The highest BCUT2D eigenvalue weighted by Gasteiger charge is 2.07. The first-order valence-corrected chi connectivity index (χ1v) is 12.7. The summed E-state index contributed by atoms with van der Waals surface area (Å²) in [7, 11) is 0. The number of nitrogens with zero attached hydrogens (tertiary/aromatic N) is 4. The van der Waals surface area contributed by atoms with Gasteiger partial charge < -0.3 is 0 Å². The average molecular weight is 439 g/mol. The summed E-state index contributed by atoms with van der Waals surface area (Å²) < 4.78 is 0. The fraction of sp³-hybridized carbons (Fsp3) is 0.615. The van der Waals surface area contributed by atoms with Crippen molar-refractivity contribution in [3.05, 3.63) is 24.3 Å². The highest BCUT2D eigenvalue weighted by atomic mass is 15.4. The molecule has 0 unspecified atom stereocenters. The number of rotatable bonds is 18. The van der Waals surface area contributed by atoms with Crippen LogP contribution in [0.3, 0.4) is 0 Å². The van der Waals surface area contributed by atoms with Crippen LogP contribution in [-0.4, -0.2) is 22.6 Å². The molecular formula is C26H42N6. The Morgan fingerprint density at radius 2 is 1.03 bits per heavy atom. The van der Waals surface area contributed by atoms with Crippen LogP contribution in [0.5, 0.6) is 0 Å². The lowest BCUT2D eigenvalue weighted by molar-refractivity contribution is 0.616. The van der Waals surface area contributed by atoms with Crippen LogP contribution in [0.15, 0.2) is 34.5 Å². The molecule has 32 heavy (non-hydrogen) atoms. The van der Waals surface area contributed by atoms with Gasteiger partial charge in [0.2, 0.25) is 0 Å². The maximum absolute atomic E-state index is 4.35. The monoisotopic (exact) mass is 438 g/mol. The quantitative estimate of drug-likeness (QED) is 0.141. The third-order valence-electron chi connectivity index (χ3n) is 5.58. The Balaban J connectivity index is 1.79. The summed E-state index contributed by atoms with van der Waals surface area (Å²) in [5.74, 6) is 1.34. The van der Waals surface area contributed by atoms with Crippen molar-refractivity contribution in [3.8, 4) is 0 Å². The molecule has 0 amide bonds. The van der Waals surface area contributed by atoms with Crippen LogP contribution in [0.2, 0.25) is 0 Å². The van der Waals surface area contributed by atoms with Crippen molar-refractivity contribution in [1.82, 2.24) is 10.2 Å². The molecule has 0 radical (unpaired) electrons. The molecule has 0 saturated carbocycles. The largest absolute Gasteiger partial charge is 0.260 e. The van der Waals surface area contributed by atoms with E-state index in [1.54, 1.807) is 0 Å². The second-order valence-corrected chi connectivity index (χ2v) is 8.40. The van der Waals surface area contributed by atoms with Crippen molar-refractivity contribution in [3.63, 3.8) is 0 Å².